The standard InChI is InChI=1S/C32H45N3O8/c1-30(2,3)14-31(4,5)35(8)13-16-12-19(36)21-17(26(16)43-9)10-15-11-18-23(34(6)7)25(38)22(29(33)41)28(40)32(18,42)27(39)20(15)24(21)37/h12,15,18,20,22-23,36,42H,10-11,13-14H2,1-9H3,(H2,33,41)/t15-,18-,20?,22?,23-,32-/m0/s1. The number of fused-ring (bicyclic) bond motifs is 3. The van der Waals surface area contributed by atoms with Gasteiger partial charge in [-0.05, 0) is 71.7 Å². The van der Waals surface area contributed by atoms with Crippen molar-refractivity contribution in [2.24, 2.45) is 34.8 Å². The predicted molar refractivity (Wildman–Crippen MR) is 158 cm³/mol. The minimum atomic E-state index is -2.75. The van der Waals surface area contributed by atoms with Crippen LogP contribution in [0.4, 0.5) is 0 Å². The van der Waals surface area contributed by atoms with E-state index >= 15 is 0 Å². The summed E-state index contributed by atoms with van der Waals surface area (Å²) in [6, 6.07) is 0.321. The van der Waals surface area contributed by atoms with Gasteiger partial charge < -0.3 is 20.7 Å². The first-order valence-electron chi connectivity index (χ1n) is 14.7. The molecule has 0 aliphatic heterocycles. The van der Waals surface area contributed by atoms with Gasteiger partial charge in [0.15, 0.2) is 34.7 Å². The summed E-state index contributed by atoms with van der Waals surface area (Å²) in [5, 5.41) is 22.9. The average Bonchev–Trinajstić information content (AvgIpc) is 2.84. The van der Waals surface area contributed by atoms with Gasteiger partial charge in [-0.25, -0.2) is 0 Å². The molecule has 0 heterocycles. The number of ketones is 4. The largest absolute Gasteiger partial charge is 0.507 e. The van der Waals surface area contributed by atoms with Crippen LogP contribution in [0.25, 0.3) is 0 Å². The Morgan fingerprint density at radius 2 is 1.70 bits per heavy atom. The molecule has 0 aromatic heterocycles. The first-order valence-corrected chi connectivity index (χ1v) is 14.7. The van der Waals surface area contributed by atoms with Crippen LogP contribution in [0, 0.1) is 29.1 Å². The lowest BCUT2D eigenvalue weighted by atomic mass is 9.52. The maximum absolute atomic E-state index is 14.0. The van der Waals surface area contributed by atoms with Crippen LogP contribution in [-0.2, 0) is 32.1 Å². The Balaban J connectivity index is 1.79. The number of carbonyl (C=O) groups is 5. The first kappa shape index (κ1) is 32.8. The molecular weight excluding hydrogens is 554 g/mol. The minimum absolute atomic E-state index is 0.0173. The zero-order valence-electron chi connectivity index (χ0n) is 26.6. The summed E-state index contributed by atoms with van der Waals surface area (Å²) in [5.74, 6) is -10.3. The Morgan fingerprint density at radius 3 is 2.21 bits per heavy atom. The van der Waals surface area contributed by atoms with Crippen LogP contribution in [0.2, 0.25) is 0 Å². The molecule has 3 aliphatic carbocycles. The fourth-order valence-electron chi connectivity index (χ4n) is 7.99. The number of hydrogen-bond donors (Lipinski definition) is 3. The van der Waals surface area contributed by atoms with Crippen LogP contribution >= 0.6 is 0 Å². The van der Waals surface area contributed by atoms with Crippen molar-refractivity contribution in [1.82, 2.24) is 9.80 Å². The zero-order chi connectivity index (χ0) is 32.6. The lowest BCUT2D eigenvalue weighted by Crippen LogP contribution is -2.74. The Bertz CT molecular complexity index is 1390. The highest BCUT2D eigenvalue weighted by Gasteiger charge is 2.69. The molecule has 2 unspecified atom stereocenters. The predicted octanol–water partition coefficient (Wildman–Crippen LogP) is 1.52. The second kappa shape index (κ2) is 10.8. The van der Waals surface area contributed by atoms with Gasteiger partial charge in [-0.15, -0.1) is 0 Å². The second-order valence-electron chi connectivity index (χ2n) is 14.6. The highest BCUT2D eigenvalue weighted by atomic mass is 16.5. The van der Waals surface area contributed by atoms with E-state index in [1.165, 1.54) is 18.1 Å². The maximum Gasteiger partial charge on any atom is 0.235 e. The molecule has 4 rings (SSSR count). The van der Waals surface area contributed by atoms with Crippen LogP contribution in [0.5, 0.6) is 11.5 Å². The number of amides is 1. The molecule has 0 saturated heterocycles. The summed E-state index contributed by atoms with van der Waals surface area (Å²) < 4.78 is 5.84. The molecule has 0 spiro atoms. The Hall–Kier alpha value is -3.15. The number of nitrogens with zero attached hydrogens (tertiary/aromatic N) is 2. The highest BCUT2D eigenvalue weighted by molar-refractivity contribution is 6.32. The van der Waals surface area contributed by atoms with Crippen LogP contribution in [0.15, 0.2) is 6.07 Å². The van der Waals surface area contributed by atoms with Crippen molar-refractivity contribution in [3.8, 4) is 11.5 Å². The number of methoxy groups -OCH3 is 1. The molecule has 43 heavy (non-hydrogen) atoms. The summed E-state index contributed by atoms with van der Waals surface area (Å²) in [5.41, 5.74) is 3.53. The third kappa shape index (κ3) is 5.19. The molecule has 2 fully saturated rings. The number of benzene rings is 1. The van der Waals surface area contributed by atoms with Crippen molar-refractivity contribution in [2.45, 2.75) is 77.6 Å². The fourth-order valence-corrected chi connectivity index (χ4v) is 7.99. The average molecular weight is 600 g/mol. The number of phenolic OH excluding ortho intramolecular Hbond substituents is 1. The van der Waals surface area contributed by atoms with E-state index in [2.05, 4.69) is 39.5 Å². The van der Waals surface area contributed by atoms with Gasteiger partial charge in [-0.3, -0.25) is 33.8 Å². The van der Waals surface area contributed by atoms with Gasteiger partial charge >= 0.3 is 0 Å². The number of phenols is 1. The van der Waals surface area contributed by atoms with Crippen molar-refractivity contribution in [3.05, 3.63) is 22.8 Å². The lowest BCUT2D eigenvalue weighted by Gasteiger charge is -2.52. The monoisotopic (exact) mass is 599 g/mol. The molecule has 11 nitrogen and oxygen atoms in total. The van der Waals surface area contributed by atoms with Gasteiger partial charge in [0, 0.05) is 29.1 Å². The van der Waals surface area contributed by atoms with E-state index < -0.39 is 64.4 Å². The van der Waals surface area contributed by atoms with E-state index in [0.29, 0.717) is 23.4 Å². The highest BCUT2D eigenvalue weighted by Crippen LogP contribution is 2.52. The number of Topliss-reactive ketones (excluding diaryl/α,β-unsaturated/α-hetero) is 4. The molecule has 1 aromatic carbocycles. The van der Waals surface area contributed by atoms with Crippen molar-refractivity contribution in [2.75, 3.05) is 28.3 Å². The smallest absolute Gasteiger partial charge is 0.235 e. The number of carbonyl (C=O) groups excluding carboxylic acids is 5. The SMILES string of the molecule is COc1c(CN(C)C(C)(C)CC(C)(C)C)cc(O)c2c1C[C@H]1C[C@H]3[C@H](N(C)C)C(=O)C(C(N)=O)C(=O)[C@@]3(O)C(=O)C1C2=O. The number of aliphatic hydroxyl groups is 1. The van der Waals surface area contributed by atoms with E-state index in [1.54, 1.807) is 14.1 Å². The molecule has 4 N–H and O–H groups in total. The van der Waals surface area contributed by atoms with Crippen molar-refractivity contribution in [1.29, 1.82) is 0 Å². The van der Waals surface area contributed by atoms with Gasteiger partial charge in [0.05, 0.1) is 24.6 Å². The summed E-state index contributed by atoms with van der Waals surface area (Å²) in [6.45, 7) is 11.2. The first-order chi connectivity index (χ1) is 19.7. The number of nitrogens with two attached hydrogens (primary N) is 1. The molecule has 1 aromatic rings. The molecule has 2 saturated carbocycles. The number of aromatic hydroxyl groups is 1. The van der Waals surface area contributed by atoms with E-state index in [9.17, 15) is 34.2 Å². The Kier molecular flexibility index (Phi) is 8.21. The van der Waals surface area contributed by atoms with Crippen molar-refractivity contribution >= 4 is 29.0 Å². The van der Waals surface area contributed by atoms with Gasteiger partial charge in [0.25, 0.3) is 0 Å². The second-order valence-corrected chi connectivity index (χ2v) is 14.6. The topological polar surface area (TPSA) is 168 Å². The number of likely N-dealkylation sites (N-methyl/N-ethyl adjacent to an activating group) is 1. The Morgan fingerprint density at radius 1 is 1.09 bits per heavy atom. The van der Waals surface area contributed by atoms with Crippen molar-refractivity contribution < 1.29 is 38.9 Å². The van der Waals surface area contributed by atoms with Gasteiger partial charge in [0.1, 0.15) is 11.5 Å². The number of primary amides is 1. The molecule has 6 atom stereocenters. The summed E-state index contributed by atoms with van der Waals surface area (Å²) in [6.07, 6.45) is 1.02. The third-order valence-corrected chi connectivity index (χ3v) is 9.70. The van der Waals surface area contributed by atoms with E-state index in [1.807, 2.05) is 7.05 Å². The van der Waals surface area contributed by atoms with Gasteiger partial charge in [0.2, 0.25) is 5.91 Å². The van der Waals surface area contributed by atoms with Crippen LogP contribution in [0.1, 0.15) is 68.9 Å². The normalized spacial score (nSPS) is 29.4. The summed E-state index contributed by atoms with van der Waals surface area (Å²) >= 11 is 0. The van der Waals surface area contributed by atoms with E-state index in [4.69, 9.17) is 10.5 Å². The van der Waals surface area contributed by atoms with Crippen LogP contribution in [0.3, 0.4) is 0 Å². The number of ether oxygens (including phenoxy) is 1. The molecular formula is C32H45N3O8. The van der Waals surface area contributed by atoms with Crippen molar-refractivity contribution in [3.63, 3.8) is 0 Å². The maximum atomic E-state index is 14.0. The molecule has 1 amide bonds. The zero-order valence-corrected chi connectivity index (χ0v) is 26.6. The molecule has 236 valence electrons. The van der Waals surface area contributed by atoms with Gasteiger partial charge in [-0.1, -0.05) is 20.8 Å². The minimum Gasteiger partial charge on any atom is -0.507 e. The van der Waals surface area contributed by atoms with E-state index in [0.717, 1.165) is 6.42 Å². The van der Waals surface area contributed by atoms with Crippen LogP contribution in [-0.4, -0.2) is 94.5 Å². The third-order valence-electron chi connectivity index (χ3n) is 9.70. The quantitative estimate of drug-likeness (QED) is 0.391. The molecule has 0 radical (unpaired) electrons. The van der Waals surface area contributed by atoms with Crippen LogP contribution < -0.4 is 10.5 Å². The summed E-state index contributed by atoms with van der Waals surface area (Å²) in [7, 11) is 6.59. The fraction of sp³-hybridized carbons (Fsp3) is 0.656. The lowest BCUT2D eigenvalue weighted by molar-refractivity contribution is -0.181. The number of rotatable bonds is 7. The molecule has 11 heteroatoms. The molecule has 0 bridgehead atoms. The summed E-state index contributed by atoms with van der Waals surface area (Å²) in [4.78, 5) is 70.5. The number of hydrogen-bond acceptors (Lipinski definition) is 10. The van der Waals surface area contributed by atoms with Gasteiger partial charge in [-0.2, -0.15) is 0 Å². The van der Waals surface area contributed by atoms with E-state index in [-0.39, 0.29) is 35.1 Å². The Labute approximate surface area is 252 Å². The molecule has 3 aliphatic rings.